The van der Waals surface area contributed by atoms with Gasteiger partial charge in [-0.2, -0.15) is 0 Å². The van der Waals surface area contributed by atoms with E-state index < -0.39 is 0 Å². The Kier molecular flexibility index (Phi) is 6.49. The van der Waals surface area contributed by atoms with Gasteiger partial charge in [0.25, 0.3) is 0 Å². The number of ether oxygens (including phenoxy) is 2. The molecule has 0 aromatic heterocycles. The Morgan fingerprint density at radius 1 is 1.17 bits per heavy atom. The lowest BCUT2D eigenvalue weighted by Gasteiger charge is -2.10. The third-order valence-electron chi connectivity index (χ3n) is 3.68. The Labute approximate surface area is 142 Å². The van der Waals surface area contributed by atoms with Crippen molar-refractivity contribution in [1.29, 1.82) is 0 Å². The summed E-state index contributed by atoms with van der Waals surface area (Å²) >= 11 is 0. The van der Waals surface area contributed by atoms with Gasteiger partial charge in [0.2, 0.25) is 5.91 Å². The predicted molar refractivity (Wildman–Crippen MR) is 95.2 cm³/mol. The molecule has 0 unspecified atom stereocenters. The normalized spacial score (nSPS) is 10.2. The smallest absolute Gasteiger partial charge is 0.220 e. The van der Waals surface area contributed by atoms with Crippen LogP contribution in [0.25, 0.3) is 0 Å². The number of aryl methyl sites for hydroxylation is 1. The van der Waals surface area contributed by atoms with Crippen LogP contribution in [-0.2, 0) is 17.8 Å². The second-order valence-electron chi connectivity index (χ2n) is 5.39. The van der Waals surface area contributed by atoms with Crippen molar-refractivity contribution in [2.24, 2.45) is 0 Å². The quantitative estimate of drug-likeness (QED) is 0.731. The maximum Gasteiger partial charge on any atom is 0.220 e. The molecule has 5 heteroatoms. The van der Waals surface area contributed by atoms with Crippen LogP contribution in [0.2, 0.25) is 0 Å². The summed E-state index contributed by atoms with van der Waals surface area (Å²) < 4.78 is 10.7. The van der Waals surface area contributed by atoms with Crippen LogP contribution in [0.5, 0.6) is 11.5 Å². The number of carbonyl (C=O) groups is 1. The number of para-hydroxylation sites is 1. The molecular formula is C19H24N2O3. The van der Waals surface area contributed by atoms with E-state index >= 15 is 0 Å². The molecule has 0 aliphatic carbocycles. The summed E-state index contributed by atoms with van der Waals surface area (Å²) in [6, 6.07) is 13.3. The van der Waals surface area contributed by atoms with Crippen molar-refractivity contribution < 1.29 is 14.3 Å². The Bertz CT molecular complexity index is 686. The molecule has 0 saturated heterocycles. The van der Waals surface area contributed by atoms with Gasteiger partial charge in [-0.3, -0.25) is 4.79 Å². The molecule has 24 heavy (non-hydrogen) atoms. The summed E-state index contributed by atoms with van der Waals surface area (Å²) in [6.45, 7) is 2.95. The largest absolute Gasteiger partial charge is 0.496 e. The molecule has 0 radical (unpaired) electrons. The van der Waals surface area contributed by atoms with Crippen LogP contribution in [0, 0.1) is 0 Å². The van der Waals surface area contributed by atoms with E-state index in [0.29, 0.717) is 37.4 Å². The van der Waals surface area contributed by atoms with Gasteiger partial charge in [-0.05, 0) is 37.1 Å². The molecule has 0 heterocycles. The Morgan fingerprint density at radius 3 is 2.67 bits per heavy atom. The van der Waals surface area contributed by atoms with Crippen molar-refractivity contribution in [1.82, 2.24) is 5.32 Å². The maximum atomic E-state index is 12.0. The number of anilines is 1. The summed E-state index contributed by atoms with van der Waals surface area (Å²) in [5, 5.41) is 2.92. The molecule has 0 spiro atoms. The van der Waals surface area contributed by atoms with Crippen LogP contribution in [0.4, 0.5) is 5.69 Å². The molecule has 0 fully saturated rings. The predicted octanol–water partition coefficient (Wildman–Crippen LogP) is 2.93. The number of nitrogens with one attached hydrogen (secondary N) is 1. The molecule has 2 aromatic carbocycles. The third-order valence-corrected chi connectivity index (χ3v) is 3.68. The zero-order valence-electron chi connectivity index (χ0n) is 14.2. The molecular weight excluding hydrogens is 304 g/mol. The van der Waals surface area contributed by atoms with Gasteiger partial charge in [0.15, 0.2) is 0 Å². The topological polar surface area (TPSA) is 73.6 Å². The first-order valence-electron chi connectivity index (χ1n) is 8.03. The lowest BCUT2D eigenvalue weighted by molar-refractivity contribution is -0.121. The van der Waals surface area contributed by atoms with Crippen LogP contribution in [0.15, 0.2) is 42.5 Å². The highest BCUT2D eigenvalue weighted by Gasteiger charge is 2.07. The van der Waals surface area contributed by atoms with Crippen molar-refractivity contribution in [3.8, 4) is 11.5 Å². The minimum Gasteiger partial charge on any atom is -0.496 e. The number of nitrogen functional groups attached to an aromatic ring is 1. The number of benzene rings is 2. The van der Waals surface area contributed by atoms with Crippen molar-refractivity contribution in [2.75, 3.05) is 19.5 Å². The van der Waals surface area contributed by atoms with Gasteiger partial charge in [0.1, 0.15) is 11.5 Å². The van der Waals surface area contributed by atoms with Crippen molar-refractivity contribution >= 4 is 11.6 Å². The number of methoxy groups -OCH3 is 1. The fraction of sp³-hybridized carbons (Fsp3) is 0.316. The van der Waals surface area contributed by atoms with E-state index in [4.69, 9.17) is 15.2 Å². The van der Waals surface area contributed by atoms with Gasteiger partial charge in [0, 0.05) is 18.5 Å². The van der Waals surface area contributed by atoms with Crippen LogP contribution < -0.4 is 20.5 Å². The standard InChI is InChI=1S/C19H24N2O3/c1-3-24-18-10-8-14(12-16(18)20)9-11-19(22)21-13-15-6-4-5-7-17(15)23-2/h4-8,10,12H,3,9,11,13,20H2,1-2H3,(H,21,22). The van der Waals surface area contributed by atoms with Gasteiger partial charge in [0.05, 0.1) is 19.4 Å². The van der Waals surface area contributed by atoms with Gasteiger partial charge in [-0.1, -0.05) is 24.3 Å². The first-order chi connectivity index (χ1) is 11.6. The SMILES string of the molecule is CCOc1ccc(CCC(=O)NCc2ccccc2OC)cc1N. The van der Waals surface area contributed by atoms with E-state index in [-0.39, 0.29) is 5.91 Å². The highest BCUT2D eigenvalue weighted by atomic mass is 16.5. The summed E-state index contributed by atoms with van der Waals surface area (Å²) in [5.41, 5.74) is 8.52. The number of amides is 1. The van der Waals surface area contributed by atoms with Crippen LogP contribution in [0.1, 0.15) is 24.5 Å². The Morgan fingerprint density at radius 2 is 1.96 bits per heavy atom. The van der Waals surface area contributed by atoms with E-state index in [2.05, 4.69) is 5.32 Å². The molecule has 0 saturated carbocycles. The molecule has 2 aromatic rings. The van der Waals surface area contributed by atoms with Crippen LogP contribution in [-0.4, -0.2) is 19.6 Å². The van der Waals surface area contributed by atoms with Gasteiger partial charge in [-0.25, -0.2) is 0 Å². The summed E-state index contributed by atoms with van der Waals surface area (Å²) in [4.78, 5) is 12.0. The zero-order chi connectivity index (χ0) is 17.4. The Balaban J connectivity index is 1.84. The van der Waals surface area contributed by atoms with E-state index in [0.717, 1.165) is 16.9 Å². The highest BCUT2D eigenvalue weighted by molar-refractivity contribution is 5.76. The number of rotatable bonds is 8. The average molecular weight is 328 g/mol. The fourth-order valence-electron chi connectivity index (χ4n) is 2.43. The summed E-state index contributed by atoms with van der Waals surface area (Å²) in [7, 11) is 1.62. The van der Waals surface area contributed by atoms with Gasteiger partial charge in [-0.15, -0.1) is 0 Å². The van der Waals surface area contributed by atoms with Crippen molar-refractivity contribution in [3.05, 3.63) is 53.6 Å². The molecule has 1 amide bonds. The summed E-state index contributed by atoms with van der Waals surface area (Å²) in [6.07, 6.45) is 1.04. The van der Waals surface area contributed by atoms with Crippen LogP contribution >= 0.6 is 0 Å². The molecule has 2 rings (SSSR count). The average Bonchev–Trinajstić information content (AvgIpc) is 2.60. The lowest BCUT2D eigenvalue weighted by Crippen LogP contribution is -2.23. The van der Waals surface area contributed by atoms with E-state index in [1.165, 1.54) is 0 Å². The zero-order valence-corrected chi connectivity index (χ0v) is 14.2. The van der Waals surface area contributed by atoms with E-state index in [1.807, 2.05) is 49.4 Å². The van der Waals surface area contributed by atoms with Gasteiger partial charge >= 0.3 is 0 Å². The molecule has 5 nitrogen and oxygen atoms in total. The first-order valence-corrected chi connectivity index (χ1v) is 8.03. The lowest BCUT2D eigenvalue weighted by atomic mass is 10.1. The molecule has 0 bridgehead atoms. The van der Waals surface area contributed by atoms with E-state index in [1.54, 1.807) is 7.11 Å². The second kappa shape index (κ2) is 8.82. The first kappa shape index (κ1) is 17.7. The molecule has 3 N–H and O–H groups in total. The fourth-order valence-corrected chi connectivity index (χ4v) is 2.43. The molecule has 0 aliphatic heterocycles. The third kappa shape index (κ3) is 4.91. The molecule has 0 aliphatic rings. The highest BCUT2D eigenvalue weighted by Crippen LogP contribution is 2.23. The maximum absolute atomic E-state index is 12.0. The minimum absolute atomic E-state index is 0.00615. The van der Waals surface area contributed by atoms with E-state index in [9.17, 15) is 4.79 Å². The van der Waals surface area contributed by atoms with Crippen LogP contribution in [0.3, 0.4) is 0 Å². The number of hydrogen-bond donors (Lipinski definition) is 2. The van der Waals surface area contributed by atoms with Crippen molar-refractivity contribution in [3.63, 3.8) is 0 Å². The van der Waals surface area contributed by atoms with Crippen molar-refractivity contribution in [2.45, 2.75) is 26.3 Å². The molecule has 128 valence electrons. The van der Waals surface area contributed by atoms with Gasteiger partial charge < -0.3 is 20.5 Å². The number of carbonyl (C=O) groups excluding carboxylic acids is 1. The number of nitrogens with two attached hydrogens (primary N) is 1. The molecule has 0 atom stereocenters. The Hall–Kier alpha value is -2.69. The monoisotopic (exact) mass is 328 g/mol. The summed E-state index contributed by atoms with van der Waals surface area (Å²) in [5.74, 6) is 1.45. The number of hydrogen-bond acceptors (Lipinski definition) is 4. The second-order valence-corrected chi connectivity index (χ2v) is 5.39. The minimum atomic E-state index is -0.00615.